The topological polar surface area (TPSA) is 68.0 Å². The van der Waals surface area contributed by atoms with Gasteiger partial charge >= 0.3 is 0 Å². The quantitative estimate of drug-likeness (QED) is 0.871. The molecule has 0 saturated carbocycles. The zero-order valence-corrected chi connectivity index (χ0v) is 11.4. The Balaban J connectivity index is 2.57. The Hall–Kier alpha value is -1.62. The van der Waals surface area contributed by atoms with Crippen LogP contribution in [0.4, 0.5) is 5.69 Å². The molecule has 2 heterocycles. The molecule has 1 atom stereocenters. The summed E-state index contributed by atoms with van der Waals surface area (Å²) in [4.78, 5) is 16.0. The Labute approximate surface area is 110 Å². The minimum absolute atomic E-state index is 0.267. The Morgan fingerprint density at radius 3 is 3.00 bits per heavy atom. The summed E-state index contributed by atoms with van der Waals surface area (Å²) < 4.78 is 1.08. The molecule has 2 aromatic rings. The molecule has 4 nitrogen and oxygen atoms in total. The SMILES string of the molecule is CCCC(C(N)=O)c1cnc2ccsc2c1NC. The van der Waals surface area contributed by atoms with E-state index in [-0.39, 0.29) is 11.8 Å². The molecule has 2 rings (SSSR count). The molecule has 18 heavy (non-hydrogen) atoms. The van der Waals surface area contributed by atoms with Gasteiger partial charge in [-0.25, -0.2) is 0 Å². The van der Waals surface area contributed by atoms with Crippen LogP contribution >= 0.6 is 11.3 Å². The van der Waals surface area contributed by atoms with Gasteiger partial charge in [-0.05, 0) is 17.9 Å². The number of nitrogens with zero attached hydrogens (tertiary/aromatic N) is 1. The van der Waals surface area contributed by atoms with E-state index in [2.05, 4.69) is 10.3 Å². The largest absolute Gasteiger partial charge is 0.387 e. The van der Waals surface area contributed by atoms with Crippen molar-refractivity contribution in [1.29, 1.82) is 0 Å². The number of carbonyl (C=O) groups excluding carboxylic acids is 1. The Kier molecular flexibility index (Phi) is 3.81. The summed E-state index contributed by atoms with van der Waals surface area (Å²) >= 11 is 1.62. The van der Waals surface area contributed by atoms with E-state index in [0.717, 1.165) is 34.3 Å². The lowest BCUT2D eigenvalue weighted by molar-refractivity contribution is -0.119. The van der Waals surface area contributed by atoms with Gasteiger partial charge in [0.25, 0.3) is 0 Å². The lowest BCUT2D eigenvalue weighted by atomic mass is 9.93. The number of carbonyl (C=O) groups is 1. The van der Waals surface area contributed by atoms with Crippen molar-refractivity contribution in [3.8, 4) is 0 Å². The molecule has 0 bridgehead atoms. The van der Waals surface area contributed by atoms with Crippen molar-refractivity contribution in [2.75, 3.05) is 12.4 Å². The summed E-state index contributed by atoms with van der Waals surface area (Å²) in [5.74, 6) is -0.553. The second kappa shape index (κ2) is 5.35. The Bertz CT molecular complexity index is 564. The number of anilines is 1. The van der Waals surface area contributed by atoms with Crippen LogP contribution < -0.4 is 11.1 Å². The average Bonchev–Trinajstić information content (AvgIpc) is 2.82. The van der Waals surface area contributed by atoms with Gasteiger partial charge in [-0.1, -0.05) is 13.3 Å². The van der Waals surface area contributed by atoms with E-state index < -0.39 is 0 Å². The van der Waals surface area contributed by atoms with Gasteiger partial charge in [0.1, 0.15) is 0 Å². The Morgan fingerprint density at radius 2 is 2.39 bits per heavy atom. The second-order valence-corrected chi connectivity index (χ2v) is 5.13. The van der Waals surface area contributed by atoms with Crippen LogP contribution in [-0.4, -0.2) is 17.9 Å². The molecule has 0 aliphatic rings. The van der Waals surface area contributed by atoms with Gasteiger partial charge in [0.05, 0.1) is 21.8 Å². The van der Waals surface area contributed by atoms with E-state index in [1.165, 1.54) is 0 Å². The van der Waals surface area contributed by atoms with Crippen LogP contribution in [0.25, 0.3) is 10.2 Å². The molecule has 0 aliphatic carbocycles. The summed E-state index contributed by atoms with van der Waals surface area (Å²) in [5.41, 5.74) is 8.34. The number of hydrogen-bond acceptors (Lipinski definition) is 4. The number of thiophene rings is 1. The first kappa shape index (κ1) is 12.8. The molecule has 0 aliphatic heterocycles. The summed E-state index contributed by atoms with van der Waals surface area (Å²) in [7, 11) is 1.86. The van der Waals surface area contributed by atoms with Crippen LogP contribution in [0.2, 0.25) is 0 Å². The molecule has 2 aromatic heterocycles. The van der Waals surface area contributed by atoms with Gasteiger partial charge in [0.15, 0.2) is 0 Å². The summed E-state index contributed by atoms with van der Waals surface area (Å²) in [5, 5.41) is 5.18. The normalized spacial score (nSPS) is 12.6. The van der Waals surface area contributed by atoms with Crippen LogP contribution in [0.5, 0.6) is 0 Å². The molecule has 0 radical (unpaired) electrons. The van der Waals surface area contributed by atoms with Crippen molar-refractivity contribution >= 4 is 33.1 Å². The van der Waals surface area contributed by atoms with E-state index in [1.54, 1.807) is 17.5 Å². The fourth-order valence-electron chi connectivity index (χ4n) is 2.19. The smallest absolute Gasteiger partial charge is 0.225 e. The van der Waals surface area contributed by atoms with Crippen molar-refractivity contribution < 1.29 is 4.79 Å². The summed E-state index contributed by atoms with van der Waals surface area (Å²) in [6, 6.07) is 1.98. The van der Waals surface area contributed by atoms with Gasteiger partial charge in [-0.3, -0.25) is 9.78 Å². The molecule has 96 valence electrons. The van der Waals surface area contributed by atoms with Crippen LogP contribution in [0.1, 0.15) is 31.2 Å². The van der Waals surface area contributed by atoms with Crippen LogP contribution in [0.15, 0.2) is 17.6 Å². The molecule has 0 spiro atoms. The fraction of sp³-hybridized carbons (Fsp3) is 0.385. The third-order valence-corrected chi connectivity index (χ3v) is 3.97. The van der Waals surface area contributed by atoms with Crippen LogP contribution in [0.3, 0.4) is 0 Å². The van der Waals surface area contributed by atoms with Crippen molar-refractivity contribution in [2.45, 2.75) is 25.7 Å². The number of nitrogens with one attached hydrogen (secondary N) is 1. The number of hydrogen-bond donors (Lipinski definition) is 2. The highest BCUT2D eigenvalue weighted by Gasteiger charge is 2.22. The minimum Gasteiger partial charge on any atom is -0.387 e. The number of fused-ring (bicyclic) bond motifs is 1. The maximum atomic E-state index is 11.6. The number of rotatable bonds is 5. The predicted octanol–water partition coefficient (Wildman–Crippen LogP) is 2.71. The second-order valence-electron chi connectivity index (χ2n) is 4.22. The molecule has 0 fully saturated rings. The van der Waals surface area contributed by atoms with E-state index >= 15 is 0 Å². The molecule has 5 heteroatoms. The zero-order valence-electron chi connectivity index (χ0n) is 10.6. The van der Waals surface area contributed by atoms with E-state index in [9.17, 15) is 4.79 Å². The lowest BCUT2D eigenvalue weighted by Crippen LogP contribution is -2.22. The number of pyridine rings is 1. The number of primary amides is 1. The molecular weight excluding hydrogens is 246 g/mol. The van der Waals surface area contributed by atoms with Gasteiger partial charge < -0.3 is 11.1 Å². The molecule has 0 aromatic carbocycles. The summed E-state index contributed by atoms with van der Waals surface area (Å²) in [6.07, 6.45) is 3.44. The van der Waals surface area contributed by atoms with Crippen molar-refractivity contribution in [1.82, 2.24) is 4.98 Å². The average molecular weight is 263 g/mol. The maximum absolute atomic E-state index is 11.6. The third kappa shape index (κ3) is 2.18. The zero-order chi connectivity index (χ0) is 13.1. The first-order valence-electron chi connectivity index (χ1n) is 6.02. The first-order chi connectivity index (χ1) is 8.69. The Morgan fingerprint density at radius 1 is 1.61 bits per heavy atom. The monoisotopic (exact) mass is 263 g/mol. The number of aromatic nitrogens is 1. The molecule has 1 unspecified atom stereocenters. The fourth-order valence-corrected chi connectivity index (χ4v) is 3.10. The van der Waals surface area contributed by atoms with Gasteiger partial charge in [-0.2, -0.15) is 0 Å². The first-order valence-corrected chi connectivity index (χ1v) is 6.90. The van der Waals surface area contributed by atoms with Gasteiger partial charge in [0.2, 0.25) is 5.91 Å². The van der Waals surface area contributed by atoms with E-state index in [0.29, 0.717) is 0 Å². The molecular formula is C13H17N3OS. The number of amides is 1. The van der Waals surface area contributed by atoms with Crippen molar-refractivity contribution in [2.24, 2.45) is 5.73 Å². The summed E-state index contributed by atoms with van der Waals surface area (Å²) in [6.45, 7) is 2.05. The predicted molar refractivity (Wildman–Crippen MR) is 76.0 cm³/mol. The van der Waals surface area contributed by atoms with E-state index in [1.807, 2.05) is 25.4 Å². The van der Waals surface area contributed by atoms with Crippen LogP contribution in [0, 0.1) is 0 Å². The number of nitrogens with two attached hydrogens (primary N) is 1. The van der Waals surface area contributed by atoms with Gasteiger partial charge in [-0.15, -0.1) is 11.3 Å². The standard InChI is InChI=1S/C13H17N3OS/c1-3-4-8(13(14)17)9-7-16-10-5-6-18-12(10)11(9)15-2/h5-8H,3-4H2,1-2H3,(H2,14,17)(H,15,16). The minimum atomic E-state index is -0.286. The van der Waals surface area contributed by atoms with E-state index in [4.69, 9.17) is 5.73 Å². The van der Waals surface area contributed by atoms with Crippen molar-refractivity contribution in [3.05, 3.63) is 23.2 Å². The highest BCUT2D eigenvalue weighted by molar-refractivity contribution is 7.17. The molecule has 0 saturated heterocycles. The third-order valence-electron chi connectivity index (χ3n) is 3.05. The highest BCUT2D eigenvalue weighted by Crippen LogP contribution is 2.35. The lowest BCUT2D eigenvalue weighted by Gasteiger charge is -2.17. The van der Waals surface area contributed by atoms with Crippen molar-refractivity contribution in [3.63, 3.8) is 0 Å². The molecule has 3 N–H and O–H groups in total. The molecule has 1 amide bonds. The van der Waals surface area contributed by atoms with Gasteiger partial charge in [0, 0.05) is 18.8 Å². The maximum Gasteiger partial charge on any atom is 0.225 e. The highest BCUT2D eigenvalue weighted by atomic mass is 32.1. The van der Waals surface area contributed by atoms with Crippen LogP contribution in [-0.2, 0) is 4.79 Å².